The molecule has 1 fully saturated rings. The van der Waals surface area contributed by atoms with Gasteiger partial charge in [0.25, 0.3) is 5.91 Å². The van der Waals surface area contributed by atoms with Gasteiger partial charge in [0.2, 0.25) is 11.8 Å². The van der Waals surface area contributed by atoms with Gasteiger partial charge in [-0.2, -0.15) is 0 Å². The second-order valence-corrected chi connectivity index (χ2v) is 7.63. The first-order valence-corrected chi connectivity index (χ1v) is 9.98. The molecule has 1 aliphatic rings. The zero-order valence-electron chi connectivity index (χ0n) is 16.0. The first-order chi connectivity index (χ1) is 13.9. The van der Waals surface area contributed by atoms with Gasteiger partial charge in [0, 0.05) is 37.8 Å². The fourth-order valence-corrected chi connectivity index (χ4v) is 3.50. The summed E-state index contributed by atoms with van der Waals surface area (Å²) in [5.74, 6) is -0.517. The minimum atomic E-state index is -0.355. The topological polar surface area (TPSA) is 69.7 Å². The molecule has 0 spiro atoms. The molecule has 0 radical (unpaired) electrons. The number of rotatable bonds is 6. The molecule has 6 nitrogen and oxygen atoms in total. The molecule has 0 saturated carbocycles. The minimum absolute atomic E-state index is 0.0932. The molecule has 0 unspecified atom stereocenters. The van der Waals surface area contributed by atoms with Crippen LogP contribution in [0.1, 0.15) is 28.8 Å². The number of anilines is 1. The Morgan fingerprint density at radius 3 is 2.52 bits per heavy atom. The van der Waals surface area contributed by atoms with Crippen LogP contribution in [0.15, 0.2) is 42.5 Å². The summed E-state index contributed by atoms with van der Waals surface area (Å²) >= 11 is 12.1. The number of halogens is 2. The van der Waals surface area contributed by atoms with E-state index in [1.165, 1.54) is 4.90 Å². The van der Waals surface area contributed by atoms with Gasteiger partial charge in [0.15, 0.2) is 0 Å². The average Bonchev–Trinajstić information content (AvgIpc) is 3.15. The van der Waals surface area contributed by atoms with Gasteiger partial charge in [-0.3, -0.25) is 14.4 Å². The Labute approximate surface area is 179 Å². The molecule has 152 valence electrons. The summed E-state index contributed by atoms with van der Waals surface area (Å²) < 4.78 is 0. The average molecular weight is 434 g/mol. The number of carbonyl (C=O) groups excluding carboxylic acids is 3. The molecular weight excluding hydrogens is 413 g/mol. The van der Waals surface area contributed by atoms with E-state index in [-0.39, 0.29) is 30.8 Å². The van der Waals surface area contributed by atoms with Gasteiger partial charge in [0.1, 0.15) is 0 Å². The monoisotopic (exact) mass is 433 g/mol. The fourth-order valence-electron chi connectivity index (χ4n) is 3.12. The van der Waals surface area contributed by atoms with Gasteiger partial charge in [-0.15, -0.1) is 0 Å². The number of amides is 3. The van der Waals surface area contributed by atoms with Crippen molar-refractivity contribution in [2.45, 2.75) is 19.4 Å². The van der Waals surface area contributed by atoms with Gasteiger partial charge in [-0.05, 0) is 42.3 Å². The second kappa shape index (κ2) is 9.29. The maximum atomic E-state index is 12.3. The van der Waals surface area contributed by atoms with Crippen LogP contribution in [0.3, 0.4) is 0 Å². The summed E-state index contributed by atoms with van der Waals surface area (Å²) in [7, 11) is 1.63. The van der Waals surface area contributed by atoms with Crippen LogP contribution in [-0.2, 0) is 16.1 Å². The van der Waals surface area contributed by atoms with Gasteiger partial charge in [-0.1, -0.05) is 35.3 Å². The lowest BCUT2D eigenvalue weighted by molar-refractivity contribution is -0.129. The standard InChI is InChI=1S/C21H21Cl2N3O3/c1-25(13-15-4-2-5-17(22)20(15)23)19(28)12-24-21(29)14-7-9-16(10-8-14)26-11-3-6-18(26)27/h2,4-5,7-10H,3,6,11-13H2,1H3,(H,24,29). The minimum Gasteiger partial charge on any atom is -0.343 e. The van der Waals surface area contributed by atoms with E-state index < -0.39 is 0 Å². The second-order valence-electron chi connectivity index (χ2n) is 6.84. The highest BCUT2D eigenvalue weighted by atomic mass is 35.5. The Balaban J connectivity index is 1.53. The number of nitrogens with one attached hydrogen (secondary N) is 1. The van der Waals surface area contributed by atoms with Crippen molar-refractivity contribution in [3.63, 3.8) is 0 Å². The van der Waals surface area contributed by atoms with Crippen molar-refractivity contribution in [1.82, 2.24) is 10.2 Å². The lowest BCUT2D eigenvalue weighted by Gasteiger charge is -2.19. The largest absolute Gasteiger partial charge is 0.343 e. The number of carbonyl (C=O) groups is 3. The number of likely N-dealkylation sites (N-methyl/N-ethyl adjacent to an activating group) is 1. The number of hydrogen-bond acceptors (Lipinski definition) is 3. The zero-order chi connectivity index (χ0) is 21.0. The lowest BCUT2D eigenvalue weighted by atomic mass is 10.2. The third-order valence-corrected chi connectivity index (χ3v) is 5.64. The van der Waals surface area contributed by atoms with E-state index in [0.717, 1.165) is 17.7 Å². The van der Waals surface area contributed by atoms with Crippen LogP contribution in [0.5, 0.6) is 0 Å². The summed E-state index contributed by atoms with van der Waals surface area (Å²) in [4.78, 5) is 39.6. The highest BCUT2D eigenvalue weighted by molar-refractivity contribution is 6.42. The molecule has 0 bridgehead atoms. The van der Waals surface area contributed by atoms with Crippen molar-refractivity contribution in [1.29, 1.82) is 0 Å². The van der Waals surface area contributed by atoms with Gasteiger partial charge >= 0.3 is 0 Å². The highest BCUT2D eigenvalue weighted by Gasteiger charge is 2.22. The Morgan fingerprint density at radius 2 is 1.86 bits per heavy atom. The molecule has 1 heterocycles. The van der Waals surface area contributed by atoms with Gasteiger partial charge < -0.3 is 15.1 Å². The van der Waals surface area contributed by atoms with Crippen LogP contribution in [-0.4, -0.2) is 42.8 Å². The summed E-state index contributed by atoms with van der Waals surface area (Å²) in [6.45, 7) is 0.842. The van der Waals surface area contributed by atoms with Crippen molar-refractivity contribution in [3.05, 3.63) is 63.6 Å². The zero-order valence-corrected chi connectivity index (χ0v) is 17.5. The molecule has 0 aliphatic carbocycles. The molecule has 1 N–H and O–H groups in total. The molecular formula is C21H21Cl2N3O3. The van der Waals surface area contributed by atoms with Crippen LogP contribution in [0, 0.1) is 0 Å². The maximum absolute atomic E-state index is 12.3. The Hall–Kier alpha value is -2.57. The van der Waals surface area contributed by atoms with E-state index in [1.54, 1.807) is 54.4 Å². The first kappa shape index (κ1) is 21.1. The number of benzene rings is 2. The van der Waals surface area contributed by atoms with E-state index >= 15 is 0 Å². The smallest absolute Gasteiger partial charge is 0.251 e. The van der Waals surface area contributed by atoms with Crippen LogP contribution in [0.4, 0.5) is 5.69 Å². The van der Waals surface area contributed by atoms with Crippen molar-refractivity contribution in [3.8, 4) is 0 Å². The quantitative estimate of drug-likeness (QED) is 0.757. The summed E-state index contributed by atoms with van der Waals surface area (Å²) in [6, 6.07) is 12.0. The molecule has 8 heteroatoms. The first-order valence-electron chi connectivity index (χ1n) is 9.22. The molecule has 1 aliphatic heterocycles. The SMILES string of the molecule is CN(Cc1cccc(Cl)c1Cl)C(=O)CNC(=O)c1ccc(N2CCCC2=O)cc1. The van der Waals surface area contributed by atoms with Crippen LogP contribution in [0.2, 0.25) is 10.0 Å². The van der Waals surface area contributed by atoms with Gasteiger partial charge in [0.05, 0.1) is 16.6 Å². The predicted octanol–water partition coefficient (Wildman–Crippen LogP) is 3.51. The third-order valence-electron chi connectivity index (χ3n) is 4.78. The fraction of sp³-hybridized carbons (Fsp3) is 0.286. The number of nitrogens with zero attached hydrogens (tertiary/aromatic N) is 2. The molecule has 0 atom stereocenters. The summed E-state index contributed by atoms with van der Waals surface area (Å²) in [5.41, 5.74) is 1.93. The number of hydrogen-bond donors (Lipinski definition) is 1. The van der Waals surface area contributed by atoms with Crippen LogP contribution in [0.25, 0.3) is 0 Å². The molecule has 2 aromatic rings. The van der Waals surface area contributed by atoms with Crippen molar-refractivity contribution < 1.29 is 14.4 Å². The van der Waals surface area contributed by atoms with Crippen molar-refractivity contribution in [2.75, 3.05) is 25.0 Å². The predicted molar refractivity (Wildman–Crippen MR) is 113 cm³/mol. The van der Waals surface area contributed by atoms with Crippen LogP contribution >= 0.6 is 23.2 Å². The third kappa shape index (κ3) is 5.08. The molecule has 29 heavy (non-hydrogen) atoms. The maximum Gasteiger partial charge on any atom is 0.251 e. The molecule has 3 amide bonds. The van der Waals surface area contributed by atoms with E-state index in [1.807, 2.05) is 0 Å². The van der Waals surface area contributed by atoms with Crippen molar-refractivity contribution >= 4 is 46.6 Å². The van der Waals surface area contributed by atoms with E-state index in [0.29, 0.717) is 28.6 Å². The molecule has 0 aromatic heterocycles. The summed E-state index contributed by atoms with van der Waals surface area (Å²) in [6.07, 6.45) is 1.40. The van der Waals surface area contributed by atoms with E-state index in [2.05, 4.69) is 5.32 Å². The highest BCUT2D eigenvalue weighted by Crippen LogP contribution is 2.26. The van der Waals surface area contributed by atoms with Crippen LogP contribution < -0.4 is 10.2 Å². The Bertz CT molecular complexity index is 931. The summed E-state index contributed by atoms with van der Waals surface area (Å²) in [5, 5.41) is 3.46. The molecule has 1 saturated heterocycles. The van der Waals surface area contributed by atoms with Gasteiger partial charge in [-0.25, -0.2) is 0 Å². The normalized spacial score (nSPS) is 13.5. The lowest BCUT2D eigenvalue weighted by Crippen LogP contribution is -2.37. The van der Waals surface area contributed by atoms with E-state index in [9.17, 15) is 14.4 Å². The Kier molecular flexibility index (Phi) is 6.77. The Morgan fingerprint density at radius 1 is 1.14 bits per heavy atom. The molecule has 3 rings (SSSR count). The molecule has 2 aromatic carbocycles. The van der Waals surface area contributed by atoms with E-state index in [4.69, 9.17) is 23.2 Å². The van der Waals surface area contributed by atoms with Crippen molar-refractivity contribution in [2.24, 2.45) is 0 Å².